The van der Waals surface area contributed by atoms with Gasteiger partial charge in [0.2, 0.25) is 5.16 Å². The highest BCUT2D eigenvalue weighted by Crippen LogP contribution is 2.27. The van der Waals surface area contributed by atoms with E-state index in [1.165, 1.54) is 29.1 Å². The molecule has 13 nitrogen and oxygen atoms in total. The summed E-state index contributed by atoms with van der Waals surface area (Å²) in [7, 11) is 0. The fraction of sp³-hybridized carbons (Fsp3) is 0.133. The topological polar surface area (TPSA) is 173 Å². The largest absolute Gasteiger partial charge is 0.276 e. The number of nitro groups is 3. The Hall–Kier alpha value is -3.94. The molecule has 0 bridgehead atoms. The second-order valence-electron chi connectivity index (χ2n) is 5.69. The first kappa shape index (κ1) is 19.8. The van der Waals surface area contributed by atoms with E-state index in [1.807, 2.05) is 0 Å². The van der Waals surface area contributed by atoms with Gasteiger partial charge in [-0.25, -0.2) is 0 Å². The van der Waals surface area contributed by atoms with Crippen molar-refractivity contribution in [1.82, 2.24) is 20.2 Å². The molecule has 0 radical (unpaired) electrons. The zero-order valence-corrected chi connectivity index (χ0v) is 15.3. The van der Waals surface area contributed by atoms with Gasteiger partial charge in [-0.05, 0) is 16.3 Å². The smallest absolute Gasteiger partial charge is 0.258 e. The third-order valence-electron chi connectivity index (χ3n) is 3.66. The number of rotatable bonds is 8. The molecule has 0 fully saturated rings. The molecule has 1 aromatic heterocycles. The van der Waals surface area contributed by atoms with Crippen molar-refractivity contribution in [3.63, 3.8) is 0 Å². The quantitative estimate of drug-likeness (QED) is 0.301. The van der Waals surface area contributed by atoms with E-state index in [4.69, 9.17) is 0 Å². The SMILES string of the molecule is O=[N+]([O-])c1ccc(Cn2nnc(SCc3cc([N+](=O)[O-])cc([N+](=O)[O-])c3)n2)cc1. The van der Waals surface area contributed by atoms with Crippen molar-refractivity contribution in [3.05, 3.63) is 83.9 Å². The monoisotopic (exact) mass is 417 g/mol. The van der Waals surface area contributed by atoms with E-state index in [1.54, 1.807) is 12.1 Å². The molecule has 0 spiro atoms. The summed E-state index contributed by atoms with van der Waals surface area (Å²) < 4.78 is 0. The fourth-order valence-corrected chi connectivity index (χ4v) is 3.05. The Morgan fingerprint density at radius 3 is 1.97 bits per heavy atom. The lowest BCUT2D eigenvalue weighted by Gasteiger charge is -2.00. The molecule has 0 unspecified atom stereocenters. The molecule has 29 heavy (non-hydrogen) atoms. The van der Waals surface area contributed by atoms with Crippen molar-refractivity contribution in [2.45, 2.75) is 17.5 Å². The van der Waals surface area contributed by atoms with Gasteiger partial charge in [0.15, 0.2) is 0 Å². The van der Waals surface area contributed by atoms with Gasteiger partial charge in [0, 0.05) is 30.0 Å². The van der Waals surface area contributed by atoms with Crippen LogP contribution in [0.5, 0.6) is 0 Å². The first-order chi connectivity index (χ1) is 13.8. The maximum atomic E-state index is 10.9. The third kappa shape index (κ3) is 5.07. The molecule has 0 atom stereocenters. The van der Waals surface area contributed by atoms with Crippen molar-refractivity contribution in [2.24, 2.45) is 0 Å². The number of hydrogen-bond acceptors (Lipinski definition) is 10. The Morgan fingerprint density at radius 2 is 1.41 bits per heavy atom. The second-order valence-corrected chi connectivity index (χ2v) is 6.63. The van der Waals surface area contributed by atoms with Crippen LogP contribution >= 0.6 is 11.8 Å². The number of tetrazole rings is 1. The Kier molecular flexibility index (Phi) is 5.73. The highest BCUT2D eigenvalue weighted by atomic mass is 32.2. The van der Waals surface area contributed by atoms with Crippen LogP contribution in [0.25, 0.3) is 0 Å². The van der Waals surface area contributed by atoms with E-state index in [0.717, 1.165) is 23.4 Å². The average Bonchev–Trinajstić information content (AvgIpc) is 3.13. The summed E-state index contributed by atoms with van der Waals surface area (Å²) in [6.07, 6.45) is 0. The van der Waals surface area contributed by atoms with Gasteiger partial charge < -0.3 is 0 Å². The molecule has 0 aliphatic heterocycles. The summed E-state index contributed by atoms with van der Waals surface area (Å²) in [6, 6.07) is 9.30. The second kappa shape index (κ2) is 8.39. The molecular formula is C15H11N7O6S. The number of aromatic nitrogens is 4. The van der Waals surface area contributed by atoms with Gasteiger partial charge in [0.05, 0.1) is 27.4 Å². The molecule has 148 valence electrons. The van der Waals surface area contributed by atoms with Crippen LogP contribution < -0.4 is 0 Å². The first-order valence-corrected chi connectivity index (χ1v) is 8.87. The molecule has 0 N–H and O–H groups in total. The Bertz CT molecular complexity index is 1050. The van der Waals surface area contributed by atoms with E-state index in [2.05, 4.69) is 15.4 Å². The van der Waals surface area contributed by atoms with E-state index in [9.17, 15) is 30.3 Å². The number of benzene rings is 2. The van der Waals surface area contributed by atoms with Crippen molar-refractivity contribution >= 4 is 28.8 Å². The highest BCUT2D eigenvalue weighted by molar-refractivity contribution is 7.98. The van der Waals surface area contributed by atoms with Crippen LogP contribution in [0.3, 0.4) is 0 Å². The minimum absolute atomic E-state index is 0.0254. The molecule has 0 aliphatic carbocycles. The summed E-state index contributed by atoms with van der Waals surface area (Å²) in [5.41, 5.74) is 0.346. The van der Waals surface area contributed by atoms with Crippen molar-refractivity contribution < 1.29 is 14.8 Å². The minimum Gasteiger partial charge on any atom is -0.258 e. The Morgan fingerprint density at radius 1 is 0.828 bits per heavy atom. The van der Waals surface area contributed by atoms with E-state index >= 15 is 0 Å². The van der Waals surface area contributed by atoms with E-state index in [-0.39, 0.29) is 34.5 Å². The van der Waals surface area contributed by atoms with Gasteiger partial charge in [0.25, 0.3) is 17.1 Å². The molecular weight excluding hydrogens is 406 g/mol. The van der Waals surface area contributed by atoms with Gasteiger partial charge in [-0.15, -0.1) is 10.2 Å². The summed E-state index contributed by atoms with van der Waals surface area (Å²) in [6.45, 7) is 0.244. The van der Waals surface area contributed by atoms with Gasteiger partial charge in [0.1, 0.15) is 0 Å². The predicted octanol–water partition coefficient (Wildman–Crippen LogP) is 2.74. The molecule has 1 heterocycles. The number of hydrogen-bond donors (Lipinski definition) is 0. The summed E-state index contributed by atoms with van der Waals surface area (Å²) in [5, 5.41) is 44.7. The Balaban J connectivity index is 1.67. The summed E-state index contributed by atoms with van der Waals surface area (Å²) >= 11 is 1.11. The number of nitro benzene ring substituents is 3. The molecule has 3 rings (SSSR count). The van der Waals surface area contributed by atoms with Crippen LogP contribution in [0.15, 0.2) is 47.6 Å². The average molecular weight is 417 g/mol. The molecule has 2 aromatic carbocycles. The maximum absolute atomic E-state index is 10.9. The van der Waals surface area contributed by atoms with Crippen LogP contribution in [0.1, 0.15) is 11.1 Å². The van der Waals surface area contributed by atoms with Crippen molar-refractivity contribution in [2.75, 3.05) is 0 Å². The van der Waals surface area contributed by atoms with Crippen molar-refractivity contribution in [3.8, 4) is 0 Å². The lowest BCUT2D eigenvalue weighted by atomic mass is 10.2. The standard InChI is InChI=1S/C15H11N7O6S/c23-20(24)12-3-1-10(2-4-12)8-19-17-15(16-18-19)29-9-11-5-13(21(25)26)7-14(6-11)22(27)28/h1-7H,8-9H2. The van der Waals surface area contributed by atoms with Crippen LogP contribution in [0.2, 0.25) is 0 Å². The number of thioether (sulfide) groups is 1. The number of non-ortho nitro benzene ring substituents is 3. The maximum Gasteiger partial charge on any atom is 0.276 e. The molecule has 0 saturated carbocycles. The minimum atomic E-state index is -0.695. The first-order valence-electron chi connectivity index (χ1n) is 7.88. The van der Waals surface area contributed by atoms with Gasteiger partial charge in [-0.3, -0.25) is 30.3 Å². The Labute approximate surface area is 165 Å². The summed E-state index contributed by atoms with van der Waals surface area (Å²) in [4.78, 5) is 32.0. The van der Waals surface area contributed by atoms with Crippen LogP contribution in [0, 0.1) is 30.3 Å². The van der Waals surface area contributed by atoms with Crippen LogP contribution in [-0.2, 0) is 12.3 Å². The zero-order chi connectivity index (χ0) is 21.0. The lowest BCUT2D eigenvalue weighted by Crippen LogP contribution is -2.04. The number of nitrogens with zero attached hydrogens (tertiary/aromatic N) is 7. The molecule has 0 amide bonds. The molecule has 0 saturated heterocycles. The normalized spacial score (nSPS) is 10.6. The molecule has 14 heteroatoms. The van der Waals surface area contributed by atoms with Crippen LogP contribution in [0.4, 0.5) is 17.1 Å². The van der Waals surface area contributed by atoms with Crippen LogP contribution in [-0.4, -0.2) is 35.0 Å². The lowest BCUT2D eigenvalue weighted by molar-refractivity contribution is -0.394. The zero-order valence-electron chi connectivity index (χ0n) is 14.4. The van der Waals surface area contributed by atoms with Gasteiger partial charge >= 0.3 is 0 Å². The van der Waals surface area contributed by atoms with Gasteiger partial charge in [-0.2, -0.15) is 4.80 Å². The summed E-state index contributed by atoms with van der Waals surface area (Å²) in [5.74, 6) is 0.172. The molecule has 0 aliphatic rings. The molecule has 3 aromatic rings. The highest BCUT2D eigenvalue weighted by Gasteiger charge is 2.17. The third-order valence-corrected chi connectivity index (χ3v) is 4.56. The van der Waals surface area contributed by atoms with E-state index < -0.39 is 14.8 Å². The van der Waals surface area contributed by atoms with Gasteiger partial charge in [-0.1, -0.05) is 23.9 Å². The predicted molar refractivity (Wildman–Crippen MR) is 99.3 cm³/mol. The van der Waals surface area contributed by atoms with E-state index in [0.29, 0.717) is 5.56 Å². The van der Waals surface area contributed by atoms with Crippen molar-refractivity contribution in [1.29, 1.82) is 0 Å². The fourth-order valence-electron chi connectivity index (χ4n) is 2.34.